The van der Waals surface area contributed by atoms with Crippen molar-refractivity contribution in [2.45, 2.75) is 218 Å². The molecule has 9 aliphatic carbocycles. The number of esters is 3. The van der Waals surface area contributed by atoms with Crippen LogP contribution >= 0.6 is 0 Å². The average Bonchev–Trinajstić information content (AvgIpc) is 3.31. The first kappa shape index (κ1) is 51.3. The molecule has 15 atom stereocenters. The van der Waals surface area contributed by atoms with Crippen molar-refractivity contribution in [3.8, 4) is 0 Å². The van der Waals surface area contributed by atoms with Crippen LogP contribution in [-0.4, -0.2) is 37.2 Å². The van der Waals surface area contributed by atoms with Gasteiger partial charge in [0.25, 0.3) is 0 Å². The third-order valence-corrected chi connectivity index (χ3v) is 23.2. The number of ether oxygens (including phenoxy) is 3. The molecule has 9 unspecified atom stereocenters. The number of allylic oxidation sites excluding steroid dienone is 8. The summed E-state index contributed by atoms with van der Waals surface area (Å²) in [5.41, 5.74) is 4.21. The predicted octanol–water partition coefficient (Wildman–Crippen LogP) is 15.5. The minimum Gasteiger partial charge on any atom is -0.461 e. The van der Waals surface area contributed by atoms with Gasteiger partial charge >= 0.3 is 17.9 Å². The second kappa shape index (κ2) is 19.0. The van der Waals surface area contributed by atoms with Crippen LogP contribution < -0.4 is 0 Å². The lowest BCUT2D eigenvalue weighted by atomic mass is 9.43. The highest BCUT2D eigenvalue weighted by atomic mass is 16.6. The molecule has 0 bridgehead atoms. The van der Waals surface area contributed by atoms with E-state index in [1.807, 2.05) is 0 Å². The summed E-state index contributed by atoms with van der Waals surface area (Å²) in [5.74, 6) is 4.94. The Kier molecular flexibility index (Phi) is 14.1. The van der Waals surface area contributed by atoms with E-state index in [-0.39, 0.29) is 65.1 Å². The fourth-order valence-electron chi connectivity index (χ4n) is 19.1. The predicted molar refractivity (Wildman–Crippen MR) is 278 cm³/mol. The number of rotatable bonds is 11. The van der Waals surface area contributed by atoms with Gasteiger partial charge in [0, 0.05) is 0 Å². The topological polar surface area (TPSA) is 78.9 Å². The summed E-state index contributed by atoms with van der Waals surface area (Å²) in [4.78, 5) is 45.0. The van der Waals surface area contributed by atoms with Gasteiger partial charge in [0.05, 0.1) is 16.2 Å². The molecule has 0 spiro atoms. The molecule has 6 heteroatoms. The molecule has 9 aliphatic rings. The first-order valence-corrected chi connectivity index (χ1v) is 28.9. The van der Waals surface area contributed by atoms with Crippen LogP contribution in [0.3, 0.4) is 0 Å². The maximum atomic E-state index is 15.2. The van der Waals surface area contributed by atoms with E-state index in [0.717, 1.165) is 114 Å². The lowest BCUT2D eigenvalue weighted by molar-refractivity contribution is -0.195. The van der Waals surface area contributed by atoms with Crippen molar-refractivity contribution in [1.29, 1.82) is 0 Å². The van der Waals surface area contributed by atoms with Gasteiger partial charge in [-0.1, -0.05) is 117 Å². The van der Waals surface area contributed by atoms with Crippen LogP contribution in [0.1, 0.15) is 212 Å². The van der Waals surface area contributed by atoms with Gasteiger partial charge < -0.3 is 14.2 Å². The average molecular weight is 949 g/mol. The zero-order valence-corrected chi connectivity index (χ0v) is 45.7. The van der Waals surface area contributed by atoms with E-state index < -0.39 is 22.3 Å². The van der Waals surface area contributed by atoms with Gasteiger partial charge in [-0.15, -0.1) is 0 Å². The lowest BCUT2D eigenvalue weighted by Gasteiger charge is -2.61. The third kappa shape index (κ3) is 8.73. The summed E-state index contributed by atoms with van der Waals surface area (Å²) in [6.45, 7) is 27.7. The maximum absolute atomic E-state index is 15.2. The monoisotopic (exact) mass is 949 g/mol. The molecular weight excluding hydrogens is 853 g/mol. The minimum atomic E-state index is -0.876. The highest BCUT2D eigenvalue weighted by molar-refractivity contribution is 5.79. The van der Waals surface area contributed by atoms with Crippen molar-refractivity contribution in [3.05, 3.63) is 46.6 Å². The smallest absolute Gasteiger partial charge is 0.312 e. The van der Waals surface area contributed by atoms with Crippen molar-refractivity contribution in [2.75, 3.05) is 13.2 Å². The fraction of sp³-hybridized carbons (Fsp3) is 0.825. The maximum Gasteiger partial charge on any atom is 0.312 e. The Morgan fingerprint density at radius 2 is 1.00 bits per heavy atom. The van der Waals surface area contributed by atoms with Crippen molar-refractivity contribution in [2.24, 2.45) is 97.6 Å². The van der Waals surface area contributed by atoms with E-state index in [2.05, 4.69) is 107 Å². The molecule has 384 valence electrons. The molecule has 9 rings (SSSR count). The molecule has 7 saturated carbocycles. The summed E-state index contributed by atoms with van der Waals surface area (Å²) in [5, 5.41) is 0. The molecule has 0 amide bonds. The molecule has 69 heavy (non-hydrogen) atoms. The number of hydrogen-bond donors (Lipinski definition) is 0. The molecular formula is C63H96O6. The normalized spacial score (nSPS) is 43.2. The first-order valence-electron chi connectivity index (χ1n) is 28.9. The molecule has 0 aromatic carbocycles. The molecule has 7 fully saturated rings. The van der Waals surface area contributed by atoms with Gasteiger partial charge in [0.2, 0.25) is 0 Å². The lowest BCUT2D eigenvalue weighted by Crippen LogP contribution is -2.56. The summed E-state index contributed by atoms with van der Waals surface area (Å²) in [6.07, 6.45) is 30.1. The van der Waals surface area contributed by atoms with Crippen LogP contribution in [0.4, 0.5) is 0 Å². The number of hydrogen-bond acceptors (Lipinski definition) is 6. The Morgan fingerprint density at radius 1 is 0.551 bits per heavy atom. The van der Waals surface area contributed by atoms with Crippen LogP contribution in [0.2, 0.25) is 0 Å². The van der Waals surface area contributed by atoms with E-state index in [1.54, 1.807) is 11.1 Å². The van der Waals surface area contributed by atoms with Crippen LogP contribution in [0.5, 0.6) is 0 Å². The van der Waals surface area contributed by atoms with E-state index in [4.69, 9.17) is 14.2 Å². The summed E-state index contributed by atoms with van der Waals surface area (Å²) in [7, 11) is 0. The third-order valence-electron chi connectivity index (χ3n) is 23.2. The highest BCUT2D eigenvalue weighted by Crippen LogP contribution is 2.67. The number of fused-ring (bicyclic) bond motifs is 9. The Labute approximate surface area is 419 Å². The standard InChI is InChI=1S/C63H96O6/c1-39(2)42-16-22-49-45(34-42)19-25-52-58(49,7)28-13-31-61(52,10)55(64)67-37-48(69-57(66)63(12)33-15-30-60(9)51-24-18-44(41(5)6)36-47(51)21-27-54(60)63)38-68-56(65)62(11)32-14-29-59(8)50-23-17-43(40(3)4)35-46(50)20-26-53(59)62/h16,18,34,36,39-41,43,46,48-54H,13-15,17,19-33,35,37-38H2,1-12H3/t43?,46?,48?,49?,50?,51?,52?,53?,54?,58-,59-,60-,61+,62+,63+/m1/s1. The molecule has 0 aliphatic heterocycles. The van der Waals surface area contributed by atoms with Crippen molar-refractivity contribution >= 4 is 17.9 Å². The highest BCUT2D eigenvalue weighted by Gasteiger charge is 2.62. The van der Waals surface area contributed by atoms with Gasteiger partial charge in [-0.25, -0.2) is 0 Å². The first-order chi connectivity index (χ1) is 32.6. The zero-order chi connectivity index (χ0) is 49.5. The summed E-state index contributed by atoms with van der Waals surface area (Å²) >= 11 is 0. The number of carbonyl (C=O) groups is 3. The van der Waals surface area contributed by atoms with Crippen molar-refractivity contribution < 1.29 is 28.6 Å². The Hall–Kier alpha value is -2.63. The van der Waals surface area contributed by atoms with E-state index >= 15 is 4.79 Å². The van der Waals surface area contributed by atoms with E-state index in [0.29, 0.717) is 29.6 Å². The molecule has 0 saturated heterocycles. The van der Waals surface area contributed by atoms with Gasteiger partial charge in [-0.05, 0) is 222 Å². The van der Waals surface area contributed by atoms with Gasteiger partial charge in [-0.3, -0.25) is 14.4 Å². The second-order valence-corrected chi connectivity index (χ2v) is 27.8. The number of carbonyl (C=O) groups excluding carboxylic acids is 3. The van der Waals surface area contributed by atoms with Crippen LogP contribution in [-0.2, 0) is 28.6 Å². The SMILES string of the molecule is CC(C)C1=CCC2C(=C1)CCC1[C@]2(C)CCC[C@]1(C)C(=O)OCC(COC(=O)[C@@]1(C)CCC[C@]2(C)C3CCC(C(C)C)CC3CCC21)OC(=O)[C@@]1(C)CCC[C@]2(C)C3CC=C(C(C)C)C=C3CCC21. The molecule has 0 aromatic heterocycles. The van der Waals surface area contributed by atoms with Gasteiger partial charge in [0.1, 0.15) is 13.2 Å². The van der Waals surface area contributed by atoms with Crippen LogP contribution in [0.15, 0.2) is 46.6 Å². The van der Waals surface area contributed by atoms with E-state index in [1.165, 1.54) is 43.3 Å². The fourth-order valence-corrected chi connectivity index (χ4v) is 19.1. The molecule has 0 aromatic rings. The second-order valence-electron chi connectivity index (χ2n) is 27.8. The van der Waals surface area contributed by atoms with Crippen LogP contribution in [0, 0.1) is 97.6 Å². The molecule has 0 N–H and O–H groups in total. The Morgan fingerprint density at radius 3 is 1.46 bits per heavy atom. The van der Waals surface area contributed by atoms with Gasteiger partial charge in [-0.2, -0.15) is 0 Å². The van der Waals surface area contributed by atoms with Crippen molar-refractivity contribution in [1.82, 2.24) is 0 Å². The molecule has 0 radical (unpaired) electrons. The minimum absolute atomic E-state index is 0.00903. The van der Waals surface area contributed by atoms with Gasteiger partial charge in [0.15, 0.2) is 6.10 Å². The van der Waals surface area contributed by atoms with Crippen LogP contribution in [0.25, 0.3) is 0 Å². The summed E-state index contributed by atoms with van der Waals surface area (Å²) in [6, 6.07) is 0. The Balaban J connectivity index is 0.941. The van der Waals surface area contributed by atoms with E-state index in [9.17, 15) is 9.59 Å². The van der Waals surface area contributed by atoms with Crippen molar-refractivity contribution in [3.63, 3.8) is 0 Å². The zero-order valence-electron chi connectivity index (χ0n) is 45.7. The largest absolute Gasteiger partial charge is 0.461 e. The molecule has 6 nitrogen and oxygen atoms in total. The Bertz CT molecular complexity index is 2100. The summed E-state index contributed by atoms with van der Waals surface area (Å²) < 4.78 is 19.8. The quantitative estimate of drug-likeness (QED) is 0.152. The molecule has 0 heterocycles.